The van der Waals surface area contributed by atoms with Crippen molar-refractivity contribution >= 4 is 33.2 Å². The first-order valence-electron chi connectivity index (χ1n) is 16.0. The van der Waals surface area contributed by atoms with Crippen molar-refractivity contribution in [3.63, 3.8) is 0 Å². The van der Waals surface area contributed by atoms with Crippen LogP contribution in [0, 0.1) is 0 Å². The summed E-state index contributed by atoms with van der Waals surface area (Å²) >= 11 is 0. The molecule has 0 spiro atoms. The summed E-state index contributed by atoms with van der Waals surface area (Å²) in [5.41, 5.74) is 14.3. The molecule has 6 aromatic carbocycles. The van der Waals surface area contributed by atoms with E-state index in [1.807, 2.05) is 0 Å². The Hall–Kier alpha value is -5.67. The van der Waals surface area contributed by atoms with Crippen LogP contribution in [-0.4, -0.2) is 10.3 Å². The van der Waals surface area contributed by atoms with E-state index in [0.29, 0.717) is 0 Å². The number of hydrogen-bond donors (Lipinski definition) is 1. The van der Waals surface area contributed by atoms with E-state index >= 15 is 0 Å². The SMILES string of the molecule is CC1(C)c2ccccc2-c2cc3c(cc21)c1cc(-c2ccccc2)ccc1n3C1N=C(c2ccccc2)C=C(c2ccccc2)N1. The second kappa shape index (κ2) is 10.2. The molecule has 1 aromatic heterocycles. The van der Waals surface area contributed by atoms with E-state index in [0.717, 1.165) is 28.1 Å². The summed E-state index contributed by atoms with van der Waals surface area (Å²) in [5, 5.41) is 6.33. The molecule has 9 rings (SSSR count). The Morgan fingerprint density at radius 1 is 0.543 bits per heavy atom. The number of allylic oxidation sites excluding steroid dienone is 1. The van der Waals surface area contributed by atoms with Gasteiger partial charge in [0.05, 0.1) is 16.7 Å². The van der Waals surface area contributed by atoms with Gasteiger partial charge in [-0.3, -0.25) is 0 Å². The van der Waals surface area contributed by atoms with Crippen LogP contribution in [0.3, 0.4) is 0 Å². The molecule has 3 heteroatoms. The lowest BCUT2D eigenvalue weighted by molar-refractivity contribution is 0.508. The van der Waals surface area contributed by atoms with Gasteiger partial charge in [-0.1, -0.05) is 135 Å². The van der Waals surface area contributed by atoms with E-state index in [9.17, 15) is 0 Å². The van der Waals surface area contributed by atoms with Crippen LogP contribution in [0.25, 0.3) is 49.8 Å². The maximum Gasteiger partial charge on any atom is 0.201 e. The summed E-state index contributed by atoms with van der Waals surface area (Å²) < 4.78 is 2.41. The van der Waals surface area contributed by atoms with Crippen molar-refractivity contribution in [2.24, 2.45) is 4.99 Å². The third kappa shape index (κ3) is 4.09. The number of rotatable bonds is 4. The van der Waals surface area contributed by atoms with Gasteiger partial charge in [-0.2, -0.15) is 0 Å². The fourth-order valence-corrected chi connectivity index (χ4v) is 7.51. The van der Waals surface area contributed by atoms with Crippen LogP contribution in [0.15, 0.2) is 157 Å². The lowest BCUT2D eigenvalue weighted by Gasteiger charge is -2.27. The largest absolute Gasteiger partial charge is 0.346 e. The first kappa shape index (κ1) is 26.7. The molecule has 0 saturated carbocycles. The van der Waals surface area contributed by atoms with E-state index in [4.69, 9.17) is 4.99 Å². The zero-order valence-electron chi connectivity index (χ0n) is 25.9. The van der Waals surface area contributed by atoms with E-state index < -0.39 is 0 Å². The van der Waals surface area contributed by atoms with Crippen molar-refractivity contribution in [3.05, 3.63) is 174 Å². The molecular formula is C43H33N3. The number of fused-ring (bicyclic) bond motifs is 6. The molecule has 1 unspecified atom stereocenters. The maximum absolute atomic E-state index is 5.41. The highest BCUT2D eigenvalue weighted by molar-refractivity contribution is 6.14. The molecule has 46 heavy (non-hydrogen) atoms. The van der Waals surface area contributed by atoms with Gasteiger partial charge in [0.25, 0.3) is 0 Å². The van der Waals surface area contributed by atoms with Crippen LogP contribution in [0.2, 0.25) is 0 Å². The molecule has 3 nitrogen and oxygen atoms in total. The van der Waals surface area contributed by atoms with Gasteiger partial charge in [-0.15, -0.1) is 0 Å². The van der Waals surface area contributed by atoms with Gasteiger partial charge >= 0.3 is 0 Å². The fraction of sp³-hybridized carbons (Fsp3) is 0.0930. The Kier molecular flexibility index (Phi) is 5.91. The van der Waals surface area contributed by atoms with Gasteiger partial charge in [0.15, 0.2) is 0 Å². The zero-order valence-corrected chi connectivity index (χ0v) is 25.9. The van der Waals surface area contributed by atoms with Crippen molar-refractivity contribution < 1.29 is 0 Å². The zero-order chi connectivity index (χ0) is 30.8. The van der Waals surface area contributed by atoms with Crippen LogP contribution in [-0.2, 0) is 5.41 Å². The van der Waals surface area contributed by atoms with Crippen molar-refractivity contribution in [3.8, 4) is 22.3 Å². The predicted molar refractivity (Wildman–Crippen MR) is 192 cm³/mol. The average molecular weight is 592 g/mol. The Labute approximate surface area is 269 Å². The number of nitrogens with zero attached hydrogens (tertiary/aromatic N) is 2. The molecule has 2 aliphatic rings. The number of hydrogen-bond acceptors (Lipinski definition) is 2. The van der Waals surface area contributed by atoms with Crippen molar-refractivity contribution in [2.45, 2.75) is 25.6 Å². The monoisotopic (exact) mass is 591 g/mol. The summed E-state index contributed by atoms with van der Waals surface area (Å²) in [7, 11) is 0. The van der Waals surface area contributed by atoms with Crippen LogP contribution in [0.5, 0.6) is 0 Å². The van der Waals surface area contributed by atoms with Gasteiger partial charge in [0.2, 0.25) is 6.29 Å². The number of nitrogens with one attached hydrogen (secondary N) is 1. The fourth-order valence-electron chi connectivity index (χ4n) is 7.51. The molecule has 0 saturated heterocycles. The topological polar surface area (TPSA) is 29.3 Å². The molecule has 1 aliphatic carbocycles. The van der Waals surface area contributed by atoms with Gasteiger partial charge in [-0.25, -0.2) is 4.99 Å². The molecule has 1 aliphatic heterocycles. The summed E-state index contributed by atoms with van der Waals surface area (Å²) in [5.74, 6) is 0. The van der Waals surface area contributed by atoms with Crippen molar-refractivity contribution in [2.75, 3.05) is 0 Å². The second-order valence-corrected chi connectivity index (χ2v) is 12.9. The Bertz CT molecular complexity index is 2340. The predicted octanol–water partition coefficient (Wildman–Crippen LogP) is 10.4. The first-order chi connectivity index (χ1) is 22.6. The van der Waals surface area contributed by atoms with Gasteiger partial charge < -0.3 is 9.88 Å². The molecule has 7 aromatic rings. The quantitative estimate of drug-likeness (QED) is 0.217. The smallest absolute Gasteiger partial charge is 0.201 e. The van der Waals surface area contributed by atoms with Crippen molar-refractivity contribution in [1.82, 2.24) is 9.88 Å². The number of aromatic nitrogens is 1. The van der Waals surface area contributed by atoms with E-state index in [1.165, 1.54) is 49.7 Å². The Balaban J connectivity index is 1.33. The van der Waals surface area contributed by atoms with Crippen LogP contribution < -0.4 is 5.32 Å². The van der Waals surface area contributed by atoms with E-state index in [-0.39, 0.29) is 11.7 Å². The average Bonchev–Trinajstić information content (AvgIpc) is 3.56. The third-order valence-electron chi connectivity index (χ3n) is 9.84. The summed E-state index contributed by atoms with van der Waals surface area (Å²) in [6.07, 6.45) is 1.83. The summed E-state index contributed by atoms with van der Waals surface area (Å²) in [4.78, 5) is 5.41. The molecule has 1 atom stereocenters. The number of aliphatic imine (C=N–C) groups is 1. The lowest BCUT2D eigenvalue weighted by Crippen LogP contribution is -2.29. The molecule has 0 amide bonds. The highest BCUT2D eigenvalue weighted by atomic mass is 15.3. The molecular weight excluding hydrogens is 558 g/mol. The van der Waals surface area contributed by atoms with E-state index in [2.05, 4.69) is 175 Å². The lowest BCUT2D eigenvalue weighted by atomic mass is 9.82. The van der Waals surface area contributed by atoms with Crippen LogP contribution in [0.1, 0.15) is 42.4 Å². The standard InChI is InChI=1S/C43H33N3/c1-43(2)36-21-13-12-20-32(36)33-26-41-35(25-37(33)43)34-24-31(28-14-6-3-7-15-28)22-23-40(34)46(41)42-44-38(29-16-8-4-9-17-29)27-39(45-42)30-18-10-5-11-19-30/h3-27,42,44H,1-2H3. The number of benzene rings is 6. The third-order valence-corrected chi connectivity index (χ3v) is 9.84. The van der Waals surface area contributed by atoms with Crippen LogP contribution >= 0.6 is 0 Å². The highest BCUT2D eigenvalue weighted by Crippen LogP contribution is 2.51. The molecule has 220 valence electrons. The van der Waals surface area contributed by atoms with Crippen LogP contribution in [0.4, 0.5) is 0 Å². The van der Waals surface area contributed by atoms with E-state index in [1.54, 1.807) is 0 Å². The van der Waals surface area contributed by atoms with Gasteiger partial charge in [0.1, 0.15) is 0 Å². The second-order valence-electron chi connectivity index (χ2n) is 12.9. The first-order valence-corrected chi connectivity index (χ1v) is 16.0. The molecule has 1 N–H and O–H groups in total. The minimum Gasteiger partial charge on any atom is -0.346 e. The normalized spacial score (nSPS) is 16.4. The molecule has 0 fully saturated rings. The van der Waals surface area contributed by atoms with Gasteiger partial charge in [0, 0.05) is 21.9 Å². The van der Waals surface area contributed by atoms with Gasteiger partial charge in [-0.05, 0) is 74.8 Å². The minimum atomic E-state index is -0.347. The summed E-state index contributed by atoms with van der Waals surface area (Å²) in [6, 6.07) is 52.4. The molecule has 2 heterocycles. The maximum atomic E-state index is 5.41. The Morgan fingerprint density at radius 2 is 1.17 bits per heavy atom. The molecule has 0 radical (unpaired) electrons. The summed E-state index contributed by atoms with van der Waals surface area (Å²) in [6.45, 7) is 4.71. The van der Waals surface area contributed by atoms with Crippen molar-refractivity contribution in [1.29, 1.82) is 0 Å². The Morgan fingerprint density at radius 3 is 1.91 bits per heavy atom. The highest BCUT2D eigenvalue weighted by Gasteiger charge is 2.36. The molecule has 0 bridgehead atoms. The minimum absolute atomic E-state index is 0.0868.